The number of amides is 1. The highest BCUT2D eigenvalue weighted by Crippen LogP contribution is 2.27. The predicted molar refractivity (Wildman–Crippen MR) is 89.9 cm³/mol. The molecule has 0 saturated carbocycles. The second kappa shape index (κ2) is 7.43. The van der Waals surface area contributed by atoms with Crippen molar-refractivity contribution in [1.82, 2.24) is 25.5 Å². The smallest absolute Gasteiger partial charge is 0.253 e. The molecular weight excluding hydrogens is 322 g/mol. The van der Waals surface area contributed by atoms with Crippen LogP contribution >= 0.6 is 0 Å². The van der Waals surface area contributed by atoms with Crippen molar-refractivity contribution in [2.24, 2.45) is 0 Å². The fourth-order valence-corrected chi connectivity index (χ4v) is 2.41. The number of nitrogens with one attached hydrogen (secondary N) is 1. The second-order valence-corrected chi connectivity index (χ2v) is 5.14. The molecular formula is C17H17N5O3. The molecule has 0 bridgehead atoms. The number of tetrazole rings is 1. The average Bonchev–Trinajstić information content (AvgIpc) is 3.20. The Morgan fingerprint density at radius 2 is 1.92 bits per heavy atom. The molecule has 1 aromatic heterocycles. The molecule has 128 valence electrons. The van der Waals surface area contributed by atoms with Gasteiger partial charge in [0, 0.05) is 6.54 Å². The first-order chi connectivity index (χ1) is 12.2. The summed E-state index contributed by atoms with van der Waals surface area (Å²) in [7, 11) is 3.15. The van der Waals surface area contributed by atoms with Gasteiger partial charge in [-0.05, 0) is 40.3 Å². The van der Waals surface area contributed by atoms with Crippen molar-refractivity contribution in [2.45, 2.75) is 6.54 Å². The number of carbonyl (C=O) groups excluding carboxylic acids is 1. The van der Waals surface area contributed by atoms with Crippen molar-refractivity contribution in [3.05, 3.63) is 59.9 Å². The third kappa shape index (κ3) is 3.57. The molecule has 0 spiro atoms. The summed E-state index contributed by atoms with van der Waals surface area (Å²) in [4.78, 5) is 12.6. The Morgan fingerprint density at radius 1 is 1.12 bits per heavy atom. The van der Waals surface area contributed by atoms with Crippen molar-refractivity contribution in [3.8, 4) is 17.2 Å². The number of nitrogens with zero attached hydrogens (tertiary/aromatic N) is 4. The number of benzene rings is 2. The first kappa shape index (κ1) is 16.4. The highest BCUT2D eigenvalue weighted by molar-refractivity contribution is 5.97. The van der Waals surface area contributed by atoms with Crippen LogP contribution < -0.4 is 14.8 Å². The molecule has 3 rings (SSSR count). The van der Waals surface area contributed by atoms with Gasteiger partial charge in [0.15, 0.2) is 11.5 Å². The summed E-state index contributed by atoms with van der Waals surface area (Å²) in [5.74, 6) is 1.03. The van der Waals surface area contributed by atoms with E-state index >= 15 is 0 Å². The van der Waals surface area contributed by atoms with Gasteiger partial charge in [-0.1, -0.05) is 18.2 Å². The molecule has 3 aromatic rings. The zero-order chi connectivity index (χ0) is 17.6. The maximum atomic E-state index is 12.6. The van der Waals surface area contributed by atoms with E-state index in [0.717, 1.165) is 5.56 Å². The summed E-state index contributed by atoms with van der Waals surface area (Å²) in [6, 6.07) is 12.6. The van der Waals surface area contributed by atoms with E-state index in [9.17, 15) is 4.79 Å². The van der Waals surface area contributed by atoms with Gasteiger partial charge in [0.25, 0.3) is 5.91 Å². The number of hydrogen-bond acceptors (Lipinski definition) is 6. The molecule has 0 aliphatic carbocycles. The molecule has 0 aliphatic heterocycles. The van der Waals surface area contributed by atoms with Gasteiger partial charge < -0.3 is 14.8 Å². The largest absolute Gasteiger partial charge is 0.493 e. The van der Waals surface area contributed by atoms with Crippen molar-refractivity contribution in [1.29, 1.82) is 0 Å². The van der Waals surface area contributed by atoms with Gasteiger partial charge in [-0.2, -0.15) is 4.68 Å². The minimum absolute atomic E-state index is 0.221. The Morgan fingerprint density at radius 3 is 2.64 bits per heavy atom. The van der Waals surface area contributed by atoms with Crippen LogP contribution in [0.4, 0.5) is 0 Å². The van der Waals surface area contributed by atoms with Crippen molar-refractivity contribution < 1.29 is 14.3 Å². The number of carbonyl (C=O) groups is 1. The molecule has 1 N–H and O–H groups in total. The Bertz CT molecular complexity index is 864. The SMILES string of the molecule is COc1ccc(CNC(=O)c2ccccc2-n2cnnn2)cc1OC. The van der Waals surface area contributed by atoms with E-state index < -0.39 is 0 Å². The van der Waals surface area contributed by atoms with Crippen molar-refractivity contribution in [3.63, 3.8) is 0 Å². The molecule has 2 aromatic carbocycles. The van der Waals surface area contributed by atoms with E-state index in [4.69, 9.17) is 9.47 Å². The van der Waals surface area contributed by atoms with E-state index in [0.29, 0.717) is 29.3 Å². The summed E-state index contributed by atoms with van der Waals surface area (Å²) < 4.78 is 11.9. The summed E-state index contributed by atoms with van der Waals surface area (Å²) in [5.41, 5.74) is 1.98. The van der Waals surface area contributed by atoms with Gasteiger partial charge in [-0.3, -0.25) is 4.79 Å². The van der Waals surface area contributed by atoms with E-state index in [-0.39, 0.29) is 5.91 Å². The summed E-state index contributed by atoms with van der Waals surface area (Å²) in [6.07, 6.45) is 1.44. The lowest BCUT2D eigenvalue weighted by atomic mass is 10.1. The molecule has 0 radical (unpaired) electrons. The molecule has 25 heavy (non-hydrogen) atoms. The van der Waals surface area contributed by atoms with Gasteiger partial charge in [0.2, 0.25) is 0 Å². The fraction of sp³-hybridized carbons (Fsp3) is 0.176. The Kier molecular flexibility index (Phi) is 4.89. The first-order valence-corrected chi connectivity index (χ1v) is 7.54. The third-order valence-corrected chi connectivity index (χ3v) is 3.65. The second-order valence-electron chi connectivity index (χ2n) is 5.14. The number of ether oxygens (including phenoxy) is 2. The monoisotopic (exact) mass is 339 g/mol. The normalized spacial score (nSPS) is 10.3. The molecule has 8 nitrogen and oxygen atoms in total. The topological polar surface area (TPSA) is 91.2 Å². The molecule has 1 heterocycles. The Labute approximate surface area is 144 Å². The molecule has 0 fully saturated rings. The summed E-state index contributed by atoms with van der Waals surface area (Å²) >= 11 is 0. The number of methoxy groups -OCH3 is 2. The van der Waals surface area contributed by atoms with Crippen LogP contribution in [-0.2, 0) is 6.54 Å². The highest BCUT2D eigenvalue weighted by Gasteiger charge is 2.13. The van der Waals surface area contributed by atoms with E-state index in [1.54, 1.807) is 38.5 Å². The lowest BCUT2D eigenvalue weighted by Crippen LogP contribution is -2.24. The minimum atomic E-state index is -0.221. The van der Waals surface area contributed by atoms with E-state index in [2.05, 4.69) is 20.8 Å². The number of aromatic nitrogens is 4. The van der Waals surface area contributed by atoms with Crippen LogP contribution in [0.15, 0.2) is 48.8 Å². The van der Waals surface area contributed by atoms with Crippen LogP contribution in [-0.4, -0.2) is 40.3 Å². The van der Waals surface area contributed by atoms with Gasteiger partial charge in [-0.25, -0.2) is 0 Å². The Hall–Kier alpha value is -3.42. The Balaban J connectivity index is 1.76. The lowest BCUT2D eigenvalue weighted by molar-refractivity contribution is 0.0950. The van der Waals surface area contributed by atoms with Gasteiger partial charge in [0.05, 0.1) is 25.5 Å². The van der Waals surface area contributed by atoms with Gasteiger partial charge in [-0.15, -0.1) is 5.10 Å². The first-order valence-electron chi connectivity index (χ1n) is 7.54. The van der Waals surface area contributed by atoms with Crippen LogP contribution in [0.25, 0.3) is 5.69 Å². The maximum absolute atomic E-state index is 12.6. The van der Waals surface area contributed by atoms with Crippen molar-refractivity contribution in [2.75, 3.05) is 14.2 Å². The lowest BCUT2D eigenvalue weighted by Gasteiger charge is -2.11. The molecule has 0 aliphatic rings. The van der Waals surface area contributed by atoms with E-state index in [1.165, 1.54) is 11.0 Å². The summed E-state index contributed by atoms with van der Waals surface area (Å²) in [5, 5.41) is 13.9. The van der Waals surface area contributed by atoms with Gasteiger partial charge in [0.1, 0.15) is 6.33 Å². The van der Waals surface area contributed by atoms with Crippen LogP contribution in [0.1, 0.15) is 15.9 Å². The molecule has 0 atom stereocenters. The maximum Gasteiger partial charge on any atom is 0.253 e. The van der Waals surface area contributed by atoms with Crippen LogP contribution in [0.2, 0.25) is 0 Å². The number of hydrogen-bond donors (Lipinski definition) is 1. The van der Waals surface area contributed by atoms with Crippen LogP contribution in [0.3, 0.4) is 0 Å². The predicted octanol–water partition coefficient (Wildman–Crippen LogP) is 1.61. The third-order valence-electron chi connectivity index (χ3n) is 3.65. The highest BCUT2D eigenvalue weighted by atomic mass is 16.5. The fourth-order valence-electron chi connectivity index (χ4n) is 2.41. The minimum Gasteiger partial charge on any atom is -0.493 e. The molecule has 8 heteroatoms. The van der Waals surface area contributed by atoms with Crippen LogP contribution in [0.5, 0.6) is 11.5 Å². The number of rotatable bonds is 6. The average molecular weight is 339 g/mol. The standard InChI is InChI=1S/C17H17N5O3/c1-24-15-8-7-12(9-16(15)25-2)10-18-17(23)13-5-3-4-6-14(13)22-11-19-20-21-22/h3-9,11H,10H2,1-2H3,(H,18,23). The molecule has 1 amide bonds. The van der Waals surface area contributed by atoms with Gasteiger partial charge >= 0.3 is 0 Å². The quantitative estimate of drug-likeness (QED) is 0.734. The van der Waals surface area contributed by atoms with Crippen molar-refractivity contribution >= 4 is 5.91 Å². The van der Waals surface area contributed by atoms with E-state index in [1.807, 2.05) is 18.2 Å². The molecule has 0 saturated heterocycles. The zero-order valence-electron chi connectivity index (χ0n) is 13.8. The van der Waals surface area contributed by atoms with Crippen LogP contribution in [0, 0.1) is 0 Å². The number of para-hydroxylation sites is 1. The zero-order valence-corrected chi connectivity index (χ0v) is 13.8. The molecule has 0 unspecified atom stereocenters. The summed E-state index contributed by atoms with van der Waals surface area (Å²) in [6.45, 7) is 0.350.